The summed E-state index contributed by atoms with van der Waals surface area (Å²) in [5.74, 6) is 1.29. The number of anilines is 1. The van der Waals surface area contributed by atoms with Crippen molar-refractivity contribution >= 4 is 17.7 Å². The molecular formula is C24H31N3O3. The van der Waals surface area contributed by atoms with Gasteiger partial charge in [0.25, 0.3) is 0 Å². The van der Waals surface area contributed by atoms with E-state index in [4.69, 9.17) is 9.47 Å². The predicted octanol–water partition coefficient (Wildman–Crippen LogP) is 3.36. The van der Waals surface area contributed by atoms with E-state index in [1.807, 2.05) is 12.1 Å². The van der Waals surface area contributed by atoms with E-state index < -0.39 is 0 Å². The third kappa shape index (κ3) is 6.61. The van der Waals surface area contributed by atoms with Gasteiger partial charge in [0.1, 0.15) is 11.5 Å². The zero-order valence-electron chi connectivity index (χ0n) is 17.8. The second-order valence-electron chi connectivity index (χ2n) is 7.32. The monoisotopic (exact) mass is 409 g/mol. The van der Waals surface area contributed by atoms with Crippen molar-refractivity contribution in [3.63, 3.8) is 0 Å². The highest BCUT2D eigenvalue weighted by molar-refractivity contribution is 5.92. The number of carbonyl (C=O) groups excluding carboxylic acids is 1. The molecule has 30 heavy (non-hydrogen) atoms. The lowest BCUT2D eigenvalue weighted by molar-refractivity contribution is -0.116. The van der Waals surface area contributed by atoms with Crippen molar-refractivity contribution < 1.29 is 14.3 Å². The Hall–Kier alpha value is -2.83. The van der Waals surface area contributed by atoms with Crippen molar-refractivity contribution in [3.05, 3.63) is 60.2 Å². The first-order valence-corrected chi connectivity index (χ1v) is 10.4. The van der Waals surface area contributed by atoms with Gasteiger partial charge in [-0.15, -0.1) is 0 Å². The lowest BCUT2D eigenvalue weighted by atomic mass is 10.2. The van der Waals surface area contributed by atoms with Crippen LogP contribution in [0.25, 0.3) is 6.08 Å². The minimum Gasteiger partial charge on any atom is -0.497 e. The fourth-order valence-electron chi connectivity index (χ4n) is 3.47. The summed E-state index contributed by atoms with van der Waals surface area (Å²) in [6, 6.07) is 15.7. The number of benzene rings is 2. The van der Waals surface area contributed by atoms with E-state index in [2.05, 4.69) is 51.5 Å². The van der Waals surface area contributed by atoms with E-state index in [0.29, 0.717) is 23.6 Å². The molecule has 6 nitrogen and oxygen atoms in total. The Morgan fingerprint density at radius 1 is 1.00 bits per heavy atom. The van der Waals surface area contributed by atoms with E-state index in [-0.39, 0.29) is 5.91 Å². The summed E-state index contributed by atoms with van der Waals surface area (Å²) in [5, 5.41) is 2.94. The topological polar surface area (TPSA) is 54.0 Å². The molecular weight excluding hydrogens is 378 g/mol. The maximum absolute atomic E-state index is 12.4. The first-order valence-electron chi connectivity index (χ1n) is 10.4. The van der Waals surface area contributed by atoms with Gasteiger partial charge in [0.15, 0.2) is 0 Å². The zero-order chi connectivity index (χ0) is 21.2. The Morgan fingerprint density at radius 3 is 2.43 bits per heavy atom. The van der Waals surface area contributed by atoms with Gasteiger partial charge in [0, 0.05) is 51.8 Å². The number of ether oxygens (including phenoxy) is 2. The van der Waals surface area contributed by atoms with Crippen molar-refractivity contribution in [2.75, 3.05) is 58.8 Å². The van der Waals surface area contributed by atoms with Crippen molar-refractivity contribution in [1.29, 1.82) is 0 Å². The molecule has 1 heterocycles. The highest BCUT2D eigenvalue weighted by atomic mass is 16.5. The van der Waals surface area contributed by atoms with E-state index >= 15 is 0 Å². The molecule has 0 unspecified atom stereocenters. The van der Waals surface area contributed by atoms with Crippen LogP contribution >= 0.6 is 0 Å². The molecule has 0 bridgehead atoms. The smallest absolute Gasteiger partial charge is 0.225 e. The summed E-state index contributed by atoms with van der Waals surface area (Å²) in [5.41, 5.74) is 1.90. The quantitative estimate of drug-likeness (QED) is 0.688. The van der Waals surface area contributed by atoms with Crippen molar-refractivity contribution in [3.8, 4) is 11.5 Å². The number of nitrogens with zero attached hydrogens (tertiary/aromatic N) is 2. The van der Waals surface area contributed by atoms with E-state index in [1.54, 1.807) is 26.4 Å². The molecule has 1 fully saturated rings. The van der Waals surface area contributed by atoms with Gasteiger partial charge in [-0.25, -0.2) is 0 Å². The summed E-state index contributed by atoms with van der Waals surface area (Å²) < 4.78 is 10.5. The largest absolute Gasteiger partial charge is 0.497 e. The van der Waals surface area contributed by atoms with Crippen LogP contribution in [0.15, 0.2) is 54.6 Å². The van der Waals surface area contributed by atoms with Crippen molar-refractivity contribution in [2.45, 2.75) is 6.42 Å². The molecule has 1 saturated heterocycles. The first-order chi connectivity index (χ1) is 14.7. The number of nitrogens with one attached hydrogen (secondary N) is 1. The molecule has 1 amide bonds. The molecule has 0 aliphatic carbocycles. The molecule has 1 aliphatic heterocycles. The van der Waals surface area contributed by atoms with Crippen LogP contribution in [-0.2, 0) is 4.79 Å². The van der Waals surface area contributed by atoms with Gasteiger partial charge in [0.2, 0.25) is 5.91 Å². The highest BCUT2D eigenvalue weighted by Gasteiger charge is 2.17. The molecule has 160 valence electrons. The van der Waals surface area contributed by atoms with Gasteiger partial charge in [-0.05, 0) is 17.7 Å². The number of hydrogen-bond acceptors (Lipinski definition) is 5. The molecule has 0 saturated carbocycles. The highest BCUT2D eigenvalue weighted by Crippen LogP contribution is 2.29. The molecule has 1 N–H and O–H groups in total. The third-order valence-electron chi connectivity index (χ3n) is 5.28. The Kier molecular flexibility index (Phi) is 8.30. The third-order valence-corrected chi connectivity index (χ3v) is 5.28. The normalized spacial score (nSPS) is 15.3. The number of piperazine rings is 1. The van der Waals surface area contributed by atoms with Gasteiger partial charge < -0.3 is 19.7 Å². The van der Waals surface area contributed by atoms with Gasteiger partial charge in [0.05, 0.1) is 19.9 Å². The molecule has 3 rings (SSSR count). The summed E-state index contributed by atoms with van der Waals surface area (Å²) >= 11 is 0. The van der Waals surface area contributed by atoms with E-state index in [9.17, 15) is 4.79 Å². The lowest BCUT2D eigenvalue weighted by Crippen LogP contribution is -2.46. The number of carbonyl (C=O) groups is 1. The predicted molar refractivity (Wildman–Crippen MR) is 121 cm³/mol. The second-order valence-corrected chi connectivity index (χ2v) is 7.32. The summed E-state index contributed by atoms with van der Waals surface area (Å²) in [4.78, 5) is 17.2. The van der Waals surface area contributed by atoms with Crippen LogP contribution in [-0.4, -0.2) is 69.2 Å². The molecule has 0 spiro atoms. The summed E-state index contributed by atoms with van der Waals surface area (Å²) in [7, 11) is 3.19. The average Bonchev–Trinajstić information content (AvgIpc) is 2.79. The Bertz CT molecular complexity index is 831. The van der Waals surface area contributed by atoms with E-state index in [0.717, 1.165) is 39.3 Å². The second kappa shape index (κ2) is 11.4. The molecule has 0 aromatic heterocycles. The fraction of sp³-hybridized carbons (Fsp3) is 0.375. The molecule has 0 atom stereocenters. The summed E-state index contributed by atoms with van der Waals surface area (Å²) in [6.07, 6.45) is 4.86. The van der Waals surface area contributed by atoms with Crippen LogP contribution in [0, 0.1) is 0 Å². The number of rotatable bonds is 9. The van der Waals surface area contributed by atoms with Crippen molar-refractivity contribution in [2.24, 2.45) is 0 Å². The summed E-state index contributed by atoms with van der Waals surface area (Å²) in [6.45, 7) is 5.73. The maximum atomic E-state index is 12.4. The minimum absolute atomic E-state index is 0.00769. The maximum Gasteiger partial charge on any atom is 0.225 e. The van der Waals surface area contributed by atoms with Crippen LogP contribution in [0.1, 0.15) is 12.0 Å². The SMILES string of the molecule is COc1ccc(NC(=O)CCN2CCN(C/C=C\c3ccccc3)CC2)c(OC)c1. The first kappa shape index (κ1) is 21.9. The van der Waals surface area contributed by atoms with Crippen LogP contribution in [0.5, 0.6) is 11.5 Å². The van der Waals surface area contributed by atoms with Gasteiger partial charge in [-0.3, -0.25) is 9.69 Å². The van der Waals surface area contributed by atoms with Crippen LogP contribution < -0.4 is 14.8 Å². The fourth-order valence-corrected chi connectivity index (χ4v) is 3.47. The number of amides is 1. The standard InChI is InChI=1S/C24H31N3O3/c1-29-21-10-11-22(23(19-21)30-2)25-24(28)12-14-27-17-15-26(16-18-27)13-6-9-20-7-4-3-5-8-20/h3-11,19H,12-18H2,1-2H3,(H,25,28)/b9-6-. The Labute approximate surface area is 179 Å². The minimum atomic E-state index is -0.00769. The molecule has 2 aromatic carbocycles. The van der Waals surface area contributed by atoms with E-state index in [1.165, 1.54) is 5.56 Å². The Morgan fingerprint density at radius 2 is 1.73 bits per heavy atom. The van der Waals surface area contributed by atoms with Gasteiger partial charge in [-0.2, -0.15) is 0 Å². The van der Waals surface area contributed by atoms with Crippen LogP contribution in [0.2, 0.25) is 0 Å². The molecule has 1 aliphatic rings. The lowest BCUT2D eigenvalue weighted by Gasteiger charge is -2.34. The molecule has 2 aromatic rings. The number of methoxy groups -OCH3 is 2. The van der Waals surface area contributed by atoms with Crippen molar-refractivity contribution in [1.82, 2.24) is 9.80 Å². The average molecular weight is 410 g/mol. The molecule has 6 heteroatoms. The number of hydrogen-bond donors (Lipinski definition) is 1. The zero-order valence-corrected chi connectivity index (χ0v) is 17.8. The van der Waals surface area contributed by atoms with Crippen LogP contribution in [0.3, 0.4) is 0 Å². The van der Waals surface area contributed by atoms with Gasteiger partial charge >= 0.3 is 0 Å². The Balaban J connectivity index is 1.37. The molecule has 0 radical (unpaired) electrons. The van der Waals surface area contributed by atoms with Gasteiger partial charge in [-0.1, -0.05) is 42.5 Å². The van der Waals surface area contributed by atoms with Crippen LogP contribution in [0.4, 0.5) is 5.69 Å².